The minimum atomic E-state index is -0.500. The number of halogens is 1. The smallest absolute Gasteiger partial charge is 0.172 e. The number of hydrogen-bond donors (Lipinski definition) is 0. The molecule has 4 nitrogen and oxygen atoms in total. The average Bonchev–Trinajstić information content (AvgIpc) is 2.46. The van der Waals surface area contributed by atoms with Crippen LogP contribution in [-0.2, 0) is 4.74 Å². The van der Waals surface area contributed by atoms with Gasteiger partial charge in [-0.25, -0.2) is 4.39 Å². The lowest BCUT2D eigenvalue weighted by Crippen LogP contribution is -2.55. The predicted molar refractivity (Wildman–Crippen MR) is 76.2 cm³/mol. The van der Waals surface area contributed by atoms with Crippen LogP contribution in [0.25, 0.3) is 0 Å². The van der Waals surface area contributed by atoms with Gasteiger partial charge in [0.05, 0.1) is 25.9 Å². The summed E-state index contributed by atoms with van der Waals surface area (Å²) in [5, 5.41) is 0. The Morgan fingerprint density at radius 2 is 2.00 bits per heavy atom. The van der Waals surface area contributed by atoms with Gasteiger partial charge in [-0.2, -0.15) is 0 Å². The standard InChI is InChI=1S/C16H20FNO3/c1-18-11-6-10(7-12(18)9-21-8-11)16(19)15-13(17)4-3-5-14(15)20-2/h3-5,10-12H,6-9H2,1-2H3. The maximum absolute atomic E-state index is 14.1. The molecule has 2 saturated heterocycles. The van der Waals surface area contributed by atoms with Crippen molar-refractivity contribution in [3.8, 4) is 5.75 Å². The molecular formula is C16H20FNO3. The molecule has 1 aromatic carbocycles. The second-order valence-corrected chi connectivity index (χ2v) is 5.86. The number of nitrogens with zero attached hydrogens (tertiary/aromatic N) is 1. The molecule has 2 unspecified atom stereocenters. The van der Waals surface area contributed by atoms with Gasteiger partial charge in [0.25, 0.3) is 0 Å². The number of carbonyl (C=O) groups is 1. The highest BCUT2D eigenvalue weighted by Crippen LogP contribution is 2.34. The van der Waals surface area contributed by atoms with Crippen LogP contribution < -0.4 is 4.74 Å². The molecule has 2 atom stereocenters. The Hall–Kier alpha value is -1.46. The number of Topliss-reactive ketones (excluding diaryl/α,β-unsaturated/α-hetero) is 1. The number of methoxy groups -OCH3 is 1. The maximum atomic E-state index is 14.1. The van der Waals surface area contributed by atoms with Gasteiger partial charge in [0.15, 0.2) is 5.78 Å². The fourth-order valence-corrected chi connectivity index (χ4v) is 3.43. The minimum Gasteiger partial charge on any atom is -0.496 e. The number of fused-ring (bicyclic) bond motifs is 2. The third kappa shape index (κ3) is 2.56. The molecule has 0 spiro atoms. The van der Waals surface area contributed by atoms with Crippen LogP contribution >= 0.6 is 0 Å². The normalized spacial score (nSPS) is 29.2. The lowest BCUT2D eigenvalue weighted by molar-refractivity contribution is -0.0703. The molecule has 2 bridgehead atoms. The SMILES string of the molecule is COc1cccc(F)c1C(=O)C1CC2COCC(C1)N2C. The van der Waals surface area contributed by atoms with E-state index in [2.05, 4.69) is 11.9 Å². The van der Waals surface area contributed by atoms with Gasteiger partial charge in [0, 0.05) is 18.0 Å². The highest BCUT2D eigenvalue weighted by atomic mass is 19.1. The number of likely N-dealkylation sites (N-methyl/N-ethyl adjacent to an activating group) is 1. The number of piperidine rings is 1. The van der Waals surface area contributed by atoms with Crippen molar-refractivity contribution in [2.75, 3.05) is 27.4 Å². The molecule has 2 heterocycles. The van der Waals surface area contributed by atoms with E-state index in [-0.39, 0.29) is 29.3 Å². The molecule has 2 fully saturated rings. The van der Waals surface area contributed by atoms with E-state index in [1.165, 1.54) is 13.2 Å². The predicted octanol–water partition coefficient (Wildman–Crippen LogP) is 2.13. The second-order valence-electron chi connectivity index (χ2n) is 5.86. The lowest BCUT2D eigenvalue weighted by Gasteiger charge is -2.46. The van der Waals surface area contributed by atoms with Crippen molar-refractivity contribution in [2.24, 2.45) is 5.92 Å². The summed E-state index contributed by atoms with van der Waals surface area (Å²) in [6.07, 6.45) is 1.42. The van der Waals surface area contributed by atoms with Gasteiger partial charge in [-0.3, -0.25) is 9.69 Å². The summed E-state index contributed by atoms with van der Waals surface area (Å²) in [5.74, 6) is -0.485. The van der Waals surface area contributed by atoms with Crippen molar-refractivity contribution in [1.82, 2.24) is 4.90 Å². The first-order valence-electron chi connectivity index (χ1n) is 7.28. The van der Waals surface area contributed by atoms with Crippen LogP contribution in [0.5, 0.6) is 5.75 Å². The van der Waals surface area contributed by atoms with Crippen molar-refractivity contribution in [3.05, 3.63) is 29.6 Å². The van der Waals surface area contributed by atoms with Crippen LogP contribution in [0.1, 0.15) is 23.2 Å². The quantitative estimate of drug-likeness (QED) is 0.800. The zero-order chi connectivity index (χ0) is 15.0. The Kier molecular flexibility index (Phi) is 3.95. The summed E-state index contributed by atoms with van der Waals surface area (Å²) < 4.78 is 24.8. The van der Waals surface area contributed by atoms with Crippen LogP contribution in [0, 0.1) is 11.7 Å². The van der Waals surface area contributed by atoms with Crippen LogP contribution in [0.2, 0.25) is 0 Å². The summed E-state index contributed by atoms with van der Waals surface area (Å²) >= 11 is 0. The van der Waals surface area contributed by atoms with Gasteiger partial charge < -0.3 is 9.47 Å². The molecular weight excluding hydrogens is 273 g/mol. The van der Waals surface area contributed by atoms with Crippen molar-refractivity contribution in [1.29, 1.82) is 0 Å². The Labute approximate surface area is 123 Å². The Bertz CT molecular complexity index is 534. The van der Waals surface area contributed by atoms with Gasteiger partial charge in [0.2, 0.25) is 0 Å². The van der Waals surface area contributed by atoms with E-state index in [9.17, 15) is 9.18 Å². The summed E-state index contributed by atoms with van der Waals surface area (Å²) in [4.78, 5) is 15.0. The van der Waals surface area contributed by atoms with Crippen molar-refractivity contribution < 1.29 is 18.7 Å². The van der Waals surface area contributed by atoms with Crippen LogP contribution in [0.3, 0.4) is 0 Å². The zero-order valence-electron chi connectivity index (χ0n) is 12.3. The largest absolute Gasteiger partial charge is 0.496 e. The van der Waals surface area contributed by atoms with E-state index in [1.54, 1.807) is 12.1 Å². The number of morpholine rings is 1. The number of benzene rings is 1. The molecule has 21 heavy (non-hydrogen) atoms. The summed E-state index contributed by atoms with van der Waals surface area (Å²) in [6.45, 7) is 1.29. The van der Waals surface area contributed by atoms with Crippen molar-refractivity contribution >= 4 is 5.78 Å². The molecule has 1 aromatic rings. The van der Waals surface area contributed by atoms with Gasteiger partial charge in [0.1, 0.15) is 11.6 Å². The zero-order valence-corrected chi connectivity index (χ0v) is 12.3. The third-order valence-electron chi connectivity index (χ3n) is 4.70. The lowest BCUT2D eigenvalue weighted by atomic mass is 9.80. The van der Waals surface area contributed by atoms with E-state index in [4.69, 9.17) is 9.47 Å². The van der Waals surface area contributed by atoms with E-state index in [0.29, 0.717) is 31.8 Å². The molecule has 114 valence electrons. The van der Waals surface area contributed by atoms with Crippen molar-refractivity contribution in [3.63, 3.8) is 0 Å². The Morgan fingerprint density at radius 1 is 1.33 bits per heavy atom. The van der Waals surface area contributed by atoms with Gasteiger partial charge in [-0.05, 0) is 32.0 Å². The van der Waals surface area contributed by atoms with E-state index < -0.39 is 5.82 Å². The molecule has 5 heteroatoms. The number of rotatable bonds is 3. The number of hydrogen-bond acceptors (Lipinski definition) is 4. The van der Waals surface area contributed by atoms with E-state index in [0.717, 1.165) is 0 Å². The first-order chi connectivity index (χ1) is 10.1. The summed E-state index contributed by atoms with van der Waals surface area (Å²) in [6, 6.07) is 4.99. The van der Waals surface area contributed by atoms with Crippen LogP contribution in [0.4, 0.5) is 4.39 Å². The maximum Gasteiger partial charge on any atom is 0.172 e. The number of ether oxygens (including phenoxy) is 2. The summed E-state index contributed by atoms with van der Waals surface area (Å²) in [5.41, 5.74) is 0.0912. The molecule has 0 aliphatic carbocycles. The van der Waals surface area contributed by atoms with Gasteiger partial charge in [-0.15, -0.1) is 0 Å². The second kappa shape index (κ2) is 5.73. The molecule has 0 radical (unpaired) electrons. The molecule has 0 aromatic heterocycles. The first kappa shape index (κ1) is 14.5. The molecule has 2 aliphatic rings. The molecule has 3 rings (SSSR count). The molecule has 0 saturated carbocycles. The van der Waals surface area contributed by atoms with E-state index >= 15 is 0 Å². The Balaban J connectivity index is 1.86. The fraction of sp³-hybridized carbons (Fsp3) is 0.562. The fourth-order valence-electron chi connectivity index (χ4n) is 3.43. The third-order valence-corrected chi connectivity index (χ3v) is 4.70. The van der Waals surface area contributed by atoms with Gasteiger partial charge >= 0.3 is 0 Å². The molecule has 2 aliphatic heterocycles. The van der Waals surface area contributed by atoms with E-state index in [1.807, 2.05) is 0 Å². The van der Waals surface area contributed by atoms with Crippen LogP contribution in [0.15, 0.2) is 18.2 Å². The molecule has 0 amide bonds. The average molecular weight is 293 g/mol. The van der Waals surface area contributed by atoms with Crippen molar-refractivity contribution in [2.45, 2.75) is 24.9 Å². The first-order valence-corrected chi connectivity index (χ1v) is 7.28. The van der Waals surface area contributed by atoms with Crippen LogP contribution in [-0.4, -0.2) is 50.1 Å². The topological polar surface area (TPSA) is 38.8 Å². The number of ketones is 1. The molecule has 0 N–H and O–H groups in total. The highest BCUT2D eigenvalue weighted by molar-refractivity contribution is 6.00. The van der Waals surface area contributed by atoms with Gasteiger partial charge in [-0.1, -0.05) is 6.07 Å². The highest BCUT2D eigenvalue weighted by Gasteiger charge is 2.40. The number of carbonyl (C=O) groups excluding carboxylic acids is 1. The summed E-state index contributed by atoms with van der Waals surface area (Å²) in [7, 11) is 3.53. The monoisotopic (exact) mass is 293 g/mol. The minimum absolute atomic E-state index is 0.0912. The Morgan fingerprint density at radius 3 is 2.62 bits per heavy atom.